The Morgan fingerprint density at radius 3 is 2.32 bits per heavy atom. The smallest absolute Gasteiger partial charge is 0.369 e. The van der Waals surface area contributed by atoms with Crippen LogP contribution in [0.2, 0.25) is 0 Å². The van der Waals surface area contributed by atoms with E-state index in [1.54, 1.807) is 24.3 Å². The van der Waals surface area contributed by atoms with Crippen LogP contribution in [-0.2, 0) is 11.3 Å². The molecule has 1 amide bonds. The van der Waals surface area contributed by atoms with Gasteiger partial charge >= 0.3 is 6.18 Å². The van der Waals surface area contributed by atoms with Gasteiger partial charge in [0.25, 0.3) is 5.91 Å². The summed E-state index contributed by atoms with van der Waals surface area (Å²) in [6, 6.07) is 12.4. The van der Waals surface area contributed by atoms with E-state index in [1.807, 2.05) is 19.1 Å². The molecule has 0 radical (unpaired) electrons. The highest BCUT2D eigenvalue weighted by molar-refractivity contribution is 6.04. The van der Waals surface area contributed by atoms with E-state index >= 15 is 0 Å². The zero-order valence-electron chi connectivity index (χ0n) is 17.8. The van der Waals surface area contributed by atoms with E-state index in [-0.39, 0.29) is 12.5 Å². The summed E-state index contributed by atoms with van der Waals surface area (Å²) in [5.74, 6) is -0.268. The van der Waals surface area contributed by atoms with Gasteiger partial charge in [-0.05, 0) is 54.9 Å². The Morgan fingerprint density at radius 1 is 1.06 bits per heavy atom. The summed E-state index contributed by atoms with van der Waals surface area (Å²) < 4.78 is 41.1. The number of hydrogen-bond donors (Lipinski definition) is 1. The molecule has 0 bridgehead atoms. The zero-order valence-corrected chi connectivity index (χ0v) is 17.8. The van der Waals surface area contributed by atoms with Crippen molar-refractivity contribution in [3.63, 3.8) is 0 Å². The fourth-order valence-electron chi connectivity index (χ4n) is 3.54. The van der Waals surface area contributed by atoms with Gasteiger partial charge in [0.05, 0.1) is 6.61 Å². The van der Waals surface area contributed by atoms with E-state index in [2.05, 4.69) is 32.8 Å². The van der Waals surface area contributed by atoms with E-state index in [0.717, 1.165) is 49.7 Å². The molecule has 0 unspecified atom stereocenters. The maximum atomic E-state index is 12.6. The number of anilines is 2. The number of likely N-dealkylation sites (N-methyl/N-ethyl adjacent to an activating group) is 1. The molecule has 5 nitrogen and oxygen atoms in total. The summed E-state index contributed by atoms with van der Waals surface area (Å²) in [4.78, 5) is 17.3. The number of amides is 1. The van der Waals surface area contributed by atoms with Crippen LogP contribution in [0.25, 0.3) is 0 Å². The number of ether oxygens (including phenoxy) is 1. The van der Waals surface area contributed by atoms with Crippen LogP contribution in [0.15, 0.2) is 42.5 Å². The molecule has 1 aliphatic heterocycles. The molecule has 2 aromatic carbocycles. The van der Waals surface area contributed by atoms with Crippen molar-refractivity contribution in [3.8, 4) is 0 Å². The number of nitrogens with zero attached hydrogens (tertiary/aromatic N) is 2. The van der Waals surface area contributed by atoms with Gasteiger partial charge in [-0.1, -0.05) is 19.1 Å². The van der Waals surface area contributed by atoms with Gasteiger partial charge in [0.2, 0.25) is 0 Å². The third-order valence-electron chi connectivity index (χ3n) is 5.39. The third kappa shape index (κ3) is 6.70. The molecule has 8 heteroatoms. The predicted molar refractivity (Wildman–Crippen MR) is 116 cm³/mol. The van der Waals surface area contributed by atoms with Crippen LogP contribution in [0.4, 0.5) is 24.5 Å². The van der Waals surface area contributed by atoms with Crippen LogP contribution < -0.4 is 10.2 Å². The number of hydrogen-bond acceptors (Lipinski definition) is 4. The molecule has 0 aromatic heterocycles. The Labute approximate surface area is 180 Å². The molecular formula is C23H28F3N3O2. The molecule has 0 aliphatic carbocycles. The molecule has 0 spiro atoms. The summed E-state index contributed by atoms with van der Waals surface area (Å²) in [7, 11) is 0. The molecule has 1 saturated heterocycles. The first-order valence-corrected chi connectivity index (χ1v) is 10.4. The van der Waals surface area contributed by atoms with Crippen LogP contribution in [0.1, 0.15) is 28.4 Å². The first-order chi connectivity index (χ1) is 14.7. The lowest BCUT2D eigenvalue weighted by Crippen LogP contribution is -2.46. The summed E-state index contributed by atoms with van der Waals surface area (Å²) in [5.41, 5.74) is 3.86. The number of carbonyl (C=O) groups excluding carboxylic acids is 1. The van der Waals surface area contributed by atoms with Crippen LogP contribution in [0.5, 0.6) is 0 Å². The van der Waals surface area contributed by atoms with Crippen LogP contribution in [0.3, 0.4) is 0 Å². The lowest BCUT2D eigenvalue weighted by atomic mass is 10.1. The van der Waals surface area contributed by atoms with E-state index in [9.17, 15) is 18.0 Å². The second-order valence-electron chi connectivity index (χ2n) is 7.68. The Morgan fingerprint density at radius 2 is 1.74 bits per heavy atom. The van der Waals surface area contributed by atoms with Crippen LogP contribution in [-0.4, -0.2) is 56.3 Å². The highest BCUT2D eigenvalue weighted by atomic mass is 19.4. The minimum Gasteiger partial charge on any atom is -0.369 e. The number of alkyl halides is 3. The molecule has 1 N–H and O–H groups in total. The number of benzene rings is 2. The van der Waals surface area contributed by atoms with Gasteiger partial charge in [0.1, 0.15) is 6.61 Å². The fourth-order valence-corrected chi connectivity index (χ4v) is 3.54. The summed E-state index contributed by atoms with van der Waals surface area (Å²) >= 11 is 0. The number of piperazine rings is 1. The Bertz CT molecular complexity index is 877. The highest BCUT2D eigenvalue weighted by Crippen LogP contribution is 2.24. The van der Waals surface area contributed by atoms with Crippen molar-refractivity contribution in [2.45, 2.75) is 26.6 Å². The van der Waals surface area contributed by atoms with E-state index < -0.39 is 12.8 Å². The Kier molecular flexibility index (Phi) is 7.56. The normalized spacial score (nSPS) is 15.2. The van der Waals surface area contributed by atoms with Crippen molar-refractivity contribution in [2.75, 3.05) is 49.5 Å². The molecule has 0 atom stereocenters. The number of carbonyl (C=O) groups is 1. The molecule has 168 valence electrons. The van der Waals surface area contributed by atoms with Crippen molar-refractivity contribution < 1.29 is 22.7 Å². The molecule has 1 heterocycles. The molecule has 1 fully saturated rings. The maximum absolute atomic E-state index is 12.6. The first kappa shape index (κ1) is 23.1. The molecule has 31 heavy (non-hydrogen) atoms. The number of nitrogens with one attached hydrogen (secondary N) is 1. The number of halogens is 3. The Balaban J connectivity index is 1.56. The average Bonchev–Trinajstić information content (AvgIpc) is 2.75. The predicted octanol–water partition coefficient (Wildman–Crippen LogP) is 4.47. The van der Waals surface area contributed by atoms with Crippen molar-refractivity contribution in [2.24, 2.45) is 0 Å². The monoisotopic (exact) mass is 435 g/mol. The van der Waals surface area contributed by atoms with E-state index in [4.69, 9.17) is 0 Å². The quantitative estimate of drug-likeness (QED) is 0.697. The van der Waals surface area contributed by atoms with Gasteiger partial charge in [-0.15, -0.1) is 0 Å². The van der Waals surface area contributed by atoms with Gasteiger partial charge in [-0.3, -0.25) is 4.79 Å². The fraction of sp³-hybridized carbons (Fsp3) is 0.435. The van der Waals surface area contributed by atoms with Crippen LogP contribution in [0, 0.1) is 6.92 Å². The van der Waals surface area contributed by atoms with Gasteiger partial charge in [-0.2, -0.15) is 13.2 Å². The zero-order chi connectivity index (χ0) is 22.4. The minimum atomic E-state index is -4.35. The lowest BCUT2D eigenvalue weighted by molar-refractivity contribution is -0.176. The number of rotatable bonds is 7. The van der Waals surface area contributed by atoms with Gasteiger partial charge in [-0.25, -0.2) is 0 Å². The van der Waals surface area contributed by atoms with Crippen molar-refractivity contribution >= 4 is 17.3 Å². The highest BCUT2D eigenvalue weighted by Gasteiger charge is 2.27. The summed E-state index contributed by atoms with van der Waals surface area (Å²) in [5, 5.41) is 2.91. The largest absolute Gasteiger partial charge is 0.411 e. The molecule has 1 aliphatic rings. The molecule has 0 saturated carbocycles. The third-order valence-corrected chi connectivity index (χ3v) is 5.39. The maximum Gasteiger partial charge on any atom is 0.411 e. The standard InChI is InChI=1S/C23H28F3N3O2/c1-3-28-10-12-29(13-11-28)20-8-9-21(17(2)14-20)27-22(30)19-6-4-18(5-7-19)15-31-16-23(24,25)26/h4-9,14H,3,10-13,15-16H2,1-2H3,(H,27,30). The minimum absolute atomic E-state index is 0.158. The molecular weight excluding hydrogens is 407 g/mol. The van der Waals surface area contributed by atoms with Crippen molar-refractivity contribution in [1.82, 2.24) is 4.90 Å². The van der Waals surface area contributed by atoms with Crippen molar-refractivity contribution in [3.05, 3.63) is 59.2 Å². The second-order valence-corrected chi connectivity index (χ2v) is 7.68. The van der Waals surface area contributed by atoms with Gasteiger partial charge in [0, 0.05) is 43.1 Å². The van der Waals surface area contributed by atoms with Crippen molar-refractivity contribution in [1.29, 1.82) is 0 Å². The molecule has 2 aromatic rings. The first-order valence-electron chi connectivity index (χ1n) is 10.4. The molecule has 3 rings (SSSR count). The summed E-state index contributed by atoms with van der Waals surface area (Å²) in [6.07, 6.45) is -4.35. The lowest BCUT2D eigenvalue weighted by Gasteiger charge is -2.35. The van der Waals surface area contributed by atoms with E-state index in [1.165, 1.54) is 0 Å². The average molecular weight is 435 g/mol. The van der Waals surface area contributed by atoms with Crippen LogP contribution >= 0.6 is 0 Å². The SMILES string of the molecule is CCN1CCN(c2ccc(NC(=O)c3ccc(COCC(F)(F)F)cc3)c(C)c2)CC1. The van der Waals surface area contributed by atoms with Gasteiger partial charge in [0.15, 0.2) is 0 Å². The summed E-state index contributed by atoms with van der Waals surface area (Å²) in [6.45, 7) is 7.81. The Hall–Kier alpha value is -2.58. The van der Waals surface area contributed by atoms with E-state index in [0.29, 0.717) is 11.1 Å². The number of aryl methyl sites for hydroxylation is 1. The second kappa shape index (κ2) is 10.2. The topological polar surface area (TPSA) is 44.8 Å². The van der Waals surface area contributed by atoms with Gasteiger partial charge < -0.3 is 19.9 Å².